The highest BCUT2D eigenvalue weighted by atomic mass is 35.5. The van der Waals surface area contributed by atoms with Crippen LogP contribution in [-0.4, -0.2) is 43.9 Å². The molecule has 4 nitrogen and oxygen atoms in total. The Balaban J connectivity index is 1.56. The first-order valence-electron chi connectivity index (χ1n) is 9.18. The van der Waals surface area contributed by atoms with Crippen LogP contribution in [0, 0.1) is 0 Å². The molecule has 0 aromatic heterocycles. The third-order valence-corrected chi connectivity index (χ3v) is 5.28. The summed E-state index contributed by atoms with van der Waals surface area (Å²) in [5, 5.41) is 11.4. The van der Waals surface area contributed by atoms with Gasteiger partial charge in [0.05, 0.1) is 20.3 Å². The summed E-state index contributed by atoms with van der Waals surface area (Å²) in [6, 6.07) is 13.5. The Morgan fingerprint density at radius 2 is 1.89 bits per heavy atom. The first-order valence-corrected chi connectivity index (χ1v) is 9.56. The molecule has 0 saturated carbocycles. The maximum atomic E-state index is 10.6. The fourth-order valence-electron chi connectivity index (χ4n) is 3.39. The predicted molar refractivity (Wildman–Crippen MR) is 110 cm³/mol. The van der Waals surface area contributed by atoms with Gasteiger partial charge < -0.3 is 14.6 Å². The predicted octanol–water partition coefficient (Wildman–Crippen LogP) is 4.57. The lowest BCUT2D eigenvalue weighted by atomic mass is 9.99. The number of halogens is 1. The van der Waals surface area contributed by atoms with Crippen LogP contribution in [0.3, 0.4) is 0 Å². The van der Waals surface area contributed by atoms with E-state index in [0.717, 1.165) is 42.4 Å². The Morgan fingerprint density at radius 3 is 2.52 bits per heavy atom. The zero-order valence-electron chi connectivity index (χ0n) is 15.8. The van der Waals surface area contributed by atoms with Gasteiger partial charge in [0.25, 0.3) is 0 Å². The molecule has 5 heteroatoms. The number of nitrogens with zero attached hydrogens (tertiary/aromatic N) is 1. The molecular formula is C22H26ClNO3. The lowest BCUT2D eigenvalue weighted by molar-refractivity contribution is 0.142. The van der Waals surface area contributed by atoms with E-state index in [1.54, 1.807) is 20.3 Å². The maximum Gasteiger partial charge on any atom is 0.128 e. The highest BCUT2D eigenvalue weighted by Crippen LogP contribution is 2.31. The highest BCUT2D eigenvalue weighted by molar-refractivity contribution is 6.30. The molecule has 1 aliphatic rings. The van der Waals surface area contributed by atoms with Crippen LogP contribution < -0.4 is 9.47 Å². The molecule has 2 aromatic rings. The molecule has 0 saturated heterocycles. The number of hydrogen-bond donors (Lipinski definition) is 1. The van der Waals surface area contributed by atoms with Crippen LogP contribution >= 0.6 is 11.6 Å². The summed E-state index contributed by atoms with van der Waals surface area (Å²) in [5.74, 6) is 1.38. The first kappa shape index (κ1) is 19.7. The Bertz CT molecular complexity index is 789. The van der Waals surface area contributed by atoms with Gasteiger partial charge in [0.2, 0.25) is 0 Å². The molecule has 0 aliphatic carbocycles. The van der Waals surface area contributed by atoms with Crippen molar-refractivity contribution in [3.63, 3.8) is 0 Å². The van der Waals surface area contributed by atoms with Gasteiger partial charge in [-0.05, 0) is 48.2 Å². The van der Waals surface area contributed by atoms with Gasteiger partial charge in [0.1, 0.15) is 11.5 Å². The van der Waals surface area contributed by atoms with E-state index in [1.807, 2.05) is 24.3 Å². The number of hydrogen-bond acceptors (Lipinski definition) is 4. The molecule has 144 valence electrons. The molecule has 27 heavy (non-hydrogen) atoms. The molecule has 0 radical (unpaired) electrons. The minimum absolute atomic E-state index is 0.563. The Labute approximate surface area is 166 Å². The number of ether oxygens (including phenoxy) is 2. The summed E-state index contributed by atoms with van der Waals surface area (Å²) in [7, 11) is 3.23. The molecule has 1 atom stereocenters. The van der Waals surface area contributed by atoms with Crippen LogP contribution in [0.15, 0.2) is 48.5 Å². The molecule has 0 fully saturated rings. The molecule has 1 unspecified atom stereocenters. The summed E-state index contributed by atoms with van der Waals surface area (Å²) in [6.45, 7) is 2.71. The summed E-state index contributed by atoms with van der Waals surface area (Å²) in [5.41, 5.74) is 3.40. The van der Waals surface area contributed by atoms with E-state index in [0.29, 0.717) is 12.2 Å². The molecule has 1 aliphatic heterocycles. The SMILES string of the molecule is COc1ccc(C(O)CCN2CC=C(c3ccc(Cl)cc3)CC2)c(OC)c1. The number of aliphatic hydroxyl groups is 1. The lowest BCUT2D eigenvalue weighted by Gasteiger charge is -2.27. The van der Waals surface area contributed by atoms with Crippen LogP contribution in [0.1, 0.15) is 30.1 Å². The fourth-order valence-corrected chi connectivity index (χ4v) is 3.52. The lowest BCUT2D eigenvalue weighted by Crippen LogP contribution is -2.30. The molecule has 2 aromatic carbocycles. The number of aliphatic hydroxyl groups excluding tert-OH is 1. The Hall–Kier alpha value is -2.01. The van der Waals surface area contributed by atoms with Crippen LogP contribution in [0.5, 0.6) is 11.5 Å². The largest absolute Gasteiger partial charge is 0.497 e. The topological polar surface area (TPSA) is 41.9 Å². The summed E-state index contributed by atoms with van der Waals surface area (Å²) < 4.78 is 10.6. The van der Waals surface area contributed by atoms with Gasteiger partial charge in [-0.15, -0.1) is 0 Å². The second-order valence-electron chi connectivity index (χ2n) is 6.70. The molecule has 1 N–H and O–H groups in total. The zero-order valence-corrected chi connectivity index (χ0v) is 16.6. The standard InChI is InChI=1S/C22H26ClNO3/c1-26-19-7-8-20(22(15-19)27-2)21(25)11-14-24-12-9-17(10-13-24)16-3-5-18(23)6-4-16/h3-9,15,21,25H,10-14H2,1-2H3. The van der Waals surface area contributed by atoms with Crippen molar-refractivity contribution in [2.24, 2.45) is 0 Å². The van der Waals surface area contributed by atoms with Crippen molar-refractivity contribution in [3.8, 4) is 11.5 Å². The van der Waals surface area contributed by atoms with E-state index < -0.39 is 6.10 Å². The molecule has 0 amide bonds. The third kappa shape index (κ3) is 5.04. The van der Waals surface area contributed by atoms with Crippen molar-refractivity contribution in [2.45, 2.75) is 18.9 Å². The van der Waals surface area contributed by atoms with Gasteiger partial charge >= 0.3 is 0 Å². The van der Waals surface area contributed by atoms with Crippen molar-refractivity contribution < 1.29 is 14.6 Å². The first-order chi connectivity index (χ1) is 13.1. The van der Waals surface area contributed by atoms with Crippen LogP contribution in [-0.2, 0) is 0 Å². The monoisotopic (exact) mass is 387 g/mol. The summed E-state index contributed by atoms with van der Waals surface area (Å²) >= 11 is 5.97. The van der Waals surface area contributed by atoms with Crippen molar-refractivity contribution >= 4 is 17.2 Å². The maximum absolute atomic E-state index is 10.6. The van der Waals surface area contributed by atoms with Crippen molar-refractivity contribution in [1.82, 2.24) is 4.90 Å². The smallest absolute Gasteiger partial charge is 0.128 e. The van der Waals surface area contributed by atoms with E-state index in [9.17, 15) is 5.11 Å². The number of methoxy groups -OCH3 is 2. The normalized spacial score (nSPS) is 15.9. The fraction of sp³-hybridized carbons (Fsp3) is 0.364. The summed E-state index contributed by atoms with van der Waals surface area (Å²) in [6.07, 6.45) is 3.37. The van der Waals surface area contributed by atoms with Gasteiger partial charge in [-0.1, -0.05) is 29.8 Å². The second kappa shape index (κ2) is 9.27. The molecular weight excluding hydrogens is 362 g/mol. The molecule has 1 heterocycles. The van der Waals surface area contributed by atoms with E-state index >= 15 is 0 Å². The van der Waals surface area contributed by atoms with Crippen molar-refractivity contribution in [1.29, 1.82) is 0 Å². The zero-order chi connectivity index (χ0) is 19.2. The minimum atomic E-state index is -0.563. The quantitative estimate of drug-likeness (QED) is 0.755. The van der Waals surface area contributed by atoms with Gasteiger partial charge in [-0.2, -0.15) is 0 Å². The average molecular weight is 388 g/mol. The van der Waals surface area contributed by atoms with Gasteiger partial charge in [-0.25, -0.2) is 0 Å². The van der Waals surface area contributed by atoms with E-state index in [2.05, 4.69) is 23.1 Å². The van der Waals surface area contributed by atoms with Crippen LogP contribution in [0.2, 0.25) is 5.02 Å². The van der Waals surface area contributed by atoms with Crippen molar-refractivity contribution in [3.05, 3.63) is 64.7 Å². The van der Waals surface area contributed by atoms with Crippen LogP contribution in [0.4, 0.5) is 0 Å². The van der Waals surface area contributed by atoms with Gasteiger partial charge in [-0.3, -0.25) is 4.90 Å². The highest BCUT2D eigenvalue weighted by Gasteiger charge is 2.18. The molecule has 3 rings (SSSR count). The molecule has 0 spiro atoms. The second-order valence-corrected chi connectivity index (χ2v) is 7.14. The molecule has 0 bridgehead atoms. The summed E-state index contributed by atoms with van der Waals surface area (Å²) in [4.78, 5) is 2.36. The van der Waals surface area contributed by atoms with Crippen molar-refractivity contribution in [2.75, 3.05) is 33.9 Å². The Morgan fingerprint density at radius 1 is 1.11 bits per heavy atom. The average Bonchev–Trinajstić information content (AvgIpc) is 2.72. The minimum Gasteiger partial charge on any atom is -0.497 e. The number of benzene rings is 2. The van der Waals surface area contributed by atoms with E-state index in [1.165, 1.54) is 11.1 Å². The third-order valence-electron chi connectivity index (χ3n) is 5.03. The van der Waals surface area contributed by atoms with E-state index in [-0.39, 0.29) is 0 Å². The van der Waals surface area contributed by atoms with E-state index in [4.69, 9.17) is 21.1 Å². The van der Waals surface area contributed by atoms with Gasteiger partial charge in [0.15, 0.2) is 0 Å². The van der Waals surface area contributed by atoms with Crippen LogP contribution in [0.25, 0.3) is 5.57 Å². The Kier molecular flexibility index (Phi) is 6.78. The van der Waals surface area contributed by atoms with Gasteiger partial charge in [0, 0.05) is 36.3 Å². The number of rotatable bonds is 7.